The van der Waals surface area contributed by atoms with Crippen molar-refractivity contribution in [1.82, 2.24) is 5.32 Å². The Kier molecular flexibility index (Phi) is 4.39. The Balaban J connectivity index is 1.80. The minimum atomic E-state index is 0.348. The molecule has 1 aromatic carbocycles. The van der Waals surface area contributed by atoms with Gasteiger partial charge in [0.15, 0.2) is 0 Å². The zero-order chi connectivity index (χ0) is 13.0. The van der Waals surface area contributed by atoms with E-state index in [9.17, 15) is 5.11 Å². The molecular weight excluding hydrogens is 226 g/mol. The second-order valence-electron chi connectivity index (χ2n) is 4.90. The predicted octanol–water partition coefficient (Wildman–Crippen LogP) is 2.56. The van der Waals surface area contributed by atoms with Crippen LogP contribution in [0.1, 0.15) is 30.5 Å². The van der Waals surface area contributed by atoms with Crippen molar-refractivity contribution in [2.24, 2.45) is 0 Å². The molecule has 1 atom stereocenters. The third-order valence-corrected chi connectivity index (χ3v) is 3.23. The third-order valence-electron chi connectivity index (χ3n) is 3.23. The van der Waals surface area contributed by atoms with E-state index in [1.807, 2.05) is 13.0 Å². The summed E-state index contributed by atoms with van der Waals surface area (Å²) in [4.78, 5) is 0. The van der Waals surface area contributed by atoms with Gasteiger partial charge in [-0.15, -0.1) is 0 Å². The maximum absolute atomic E-state index is 9.76. The summed E-state index contributed by atoms with van der Waals surface area (Å²) in [6.07, 6.45) is 2.00. The summed E-state index contributed by atoms with van der Waals surface area (Å²) in [6.45, 7) is 7.91. The molecule has 0 bridgehead atoms. The van der Waals surface area contributed by atoms with E-state index in [1.54, 1.807) is 6.07 Å². The van der Waals surface area contributed by atoms with Crippen LogP contribution in [-0.2, 0) is 11.2 Å². The number of benzene rings is 1. The molecule has 98 valence electrons. The molecule has 1 aliphatic carbocycles. The average molecular weight is 247 g/mol. The number of aromatic hydroxyl groups is 1. The van der Waals surface area contributed by atoms with Crippen molar-refractivity contribution < 1.29 is 9.84 Å². The summed E-state index contributed by atoms with van der Waals surface area (Å²) in [7, 11) is 0. The smallest absolute Gasteiger partial charge is 0.119 e. The Morgan fingerprint density at radius 1 is 1.56 bits per heavy atom. The highest BCUT2D eigenvalue weighted by Gasteiger charge is 2.23. The molecule has 2 rings (SSSR count). The van der Waals surface area contributed by atoms with E-state index in [2.05, 4.69) is 18.0 Å². The first-order valence-electron chi connectivity index (χ1n) is 6.44. The number of hydrogen-bond donors (Lipinski definition) is 2. The van der Waals surface area contributed by atoms with Gasteiger partial charge in [-0.3, -0.25) is 0 Å². The Labute approximate surface area is 108 Å². The van der Waals surface area contributed by atoms with Crippen molar-refractivity contribution in [3.05, 3.63) is 41.5 Å². The van der Waals surface area contributed by atoms with Crippen LogP contribution >= 0.6 is 0 Å². The second kappa shape index (κ2) is 6.03. The molecule has 0 saturated carbocycles. The molecule has 1 aliphatic rings. The fourth-order valence-corrected chi connectivity index (χ4v) is 2.40. The summed E-state index contributed by atoms with van der Waals surface area (Å²) >= 11 is 0. The fraction of sp³-hybridized carbons (Fsp3) is 0.467. The number of phenolic OH excluding ortho intramolecular Hbond substituents is 1. The Hall–Kier alpha value is -1.32. The molecule has 0 fully saturated rings. The van der Waals surface area contributed by atoms with E-state index >= 15 is 0 Å². The van der Waals surface area contributed by atoms with Crippen LogP contribution < -0.4 is 5.32 Å². The van der Waals surface area contributed by atoms with Gasteiger partial charge in [0, 0.05) is 12.6 Å². The van der Waals surface area contributed by atoms with E-state index in [4.69, 9.17) is 4.74 Å². The lowest BCUT2D eigenvalue weighted by Gasteiger charge is -2.14. The van der Waals surface area contributed by atoms with E-state index < -0.39 is 0 Å². The van der Waals surface area contributed by atoms with Crippen LogP contribution in [0.4, 0.5) is 0 Å². The molecule has 0 spiro atoms. The lowest BCUT2D eigenvalue weighted by Crippen LogP contribution is -2.24. The molecule has 0 saturated heterocycles. The largest absolute Gasteiger partial charge is 0.508 e. The van der Waals surface area contributed by atoms with Gasteiger partial charge in [0.2, 0.25) is 0 Å². The van der Waals surface area contributed by atoms with Crippen molar-refractivity contribution in [3.63, 3.8) is 0 Å². The average Bonchev–Trinajstić information content (AvgIpc) is 2.73. The minimum absolute atomic E-state index is 0.348. The van der Waals surface area contributed by atoms with Crippen molar-refractivity contribution in [2.45, 2.75) is 25.8 Å². The molecule has 0 radical (unpaired) electrons. The molecule has 3 nitrogen and oxygen atoms in total. The number of nitrogens with one attached hydrogen (secondary N) is 1. The first kappa shape index (κ1) is 13.1. The van der Waals surface area contributed by atoms with Crippen molar-refractivity contribution >= 4 is 0 Å². The monoisotopic (exact) mass is 247 g/mol. The summed E-state index contributed by atoms with van der Waals surface area (Å²) in [6, 6.07) is 6.11. The summed E-state index contributed by atoms with van der Waals surface area (Å²) in [5.41, 5.74) is 3.37. The molecule has 0 aromatic heterocycles. The van der Waals surface area contributed by atoms with Gasteiger partial charge in [-0.25, -0.2) is 0 Å². The second-order valence-corrected chi connectivity index (χ2v) is 4.90. The lowest BCUT2D eigenvalue weighted by molar-refractivity contribution is 0.155. The molecule has 1 unspecified atom stereocenters. The fourth-order valence-electron chi connectivity index (χ4n) is 2.40. The number of phenols is 1. The molecule has 0 heterocycles. The molecule has 2 N–H and O–H groups in total. The van der Waals surface area contributed by atoms with Crippen LogP contribution in [0.25, 0.3) is 0 Å². The van der Waals surface area contributed by atoms with Gasteiger partial charge in [0.05, 0.1) is 13.2 Å². The Morgan fingerprint density at radius 2 is 2.39 bits per heavy atom. The van der Waals surface area contributed by atoms with Gasteiger partial charge in [-0.1, -0.05) is 24.3 Å². The minimum Gasteiger partial charge on any atom is -0.508 e. The lowest BCUT2D eigenvalue weighted by atomic mass is 10.1. The maximum atomic E-state index is 9.76. The van der Waals surface area contributed by atoms with Crippen LogP contribution in [-0.4, -0.2) is 24.9 Å². The van der Waals surface area contributed by atoms with E-state index in [-0.39, 0.29) is 0 Å². The zero-order valence-corrected chi connectivity index (χ0v) is 10.9. The van der Waals surface area contributed by atoms with Crippen LogP contribution in [0.3, 0.4) is 0 Å². The number of hydrogen-bond acceptors (Lipinski definition) is 3. The molecular formula is C15H21NO2. The molecule has 18 heavy (non-hydrogen) atoms. The van der Waals surface area contributed by atoms with Gasteiger partial charge in [0.1, 0.15) is 5.75 Å². The Morgan fingerprint density at radius 3 is 3.17 bits per heavy atom. The Bertz CT molecular complexity index is 429. The molecule has 0 aliphatic heterocycles. The van der Waals surface area contributed by atoms with Gasteiger partial charge in [-0.2, -0.15) is 0 Å². The van der Waals surface area contributed by atoms with E-state index in [0.717, 1.165) is 30.5 Å². The van der Waals surface area contributed by atoms with Crippen LogP contribution in [0, 0.1) is 0 Å². The third kappa shape index (κ3) is 3.12. The molecule has 3 heteroatoms. The van der Waals surface area contributed by atoms with Gasteiger partial charge in [0.25, 0.3) is 0 Å². The van der Waals surface area contributed by atoms with Crippen molar-refractivity contribution in [2.75, 3.05) is 19.8 Å². The number of fused-ring (bicyclic) bond motifs is 1. The molecule has 1 aromatic rings. The predicted molar refractivity (Wildman–Crippen MR) is 72.8 cm³/mol. The van der Waals surface area contributed by atoms with Gasteiger partial charge < -0.3 is 15.2 Å². The highest BCUT2D eigenvalue weighted by atomic mass is 16.5. The summed E-state index contributed by atoms with van der Waals surface area (Å²) < 4.78 is 5.46. The van der Waals surface area contributed by atoms with Gasteiger partial charge >= 0.3 is 0 Å². The van der Waals surface area contributed by atoms with Gasteiger partial charge in [-0.05, 0) is 37.0 Å². The number of rotatable bonds is 6. The SMILES string of the molecule is C=C(C)COCCNC1CCc2c(O)cccc21. The van der Waals surface area contributed by atoms with Crippen LogP contribution in [0.2, 0.25) is 0 Å². The summed E-state index contributed by atoms with van der Waals surface area (Å²) in [5, 5.41) is 13.2. The first-order chi connectivity index (χ1) is 8.68. The molecule has 0 amide bonds. The first-order valence-corrected chi connectivity index (χ1v) is 6.44. The van der Waals surface area contributed by atoms with Crippen LogP contribution in [0.5, 0.6) is 5.75 Å². The quantitative estimate of drug-likeness (QED) is 0.599. The standard InChI is InChI=1S/C15H21NO2/c1-11(2)10-18-9-8-16-14-7-6-13-12(14)4-3-5-15(13)17/h3-5,14,16-17H,1,6-10H2,2H3. The topological polar surface area (TPSA) is 41.5 Å². The van der Waals surface area contributed by atoms with Crippen molar-refractivity contribution in [1.29, 1.82) is 0 Å². The van der Waals surface area contributed by atoms with E-state index in [1.165, 1.54) is 5.56 Å². The normalized spacial score (nSPS) is 17.7. The van der Waals surface area contributed by atoms with Crippen LogP contribution in [0.15, 0.2) is 30.4 Å². The summed E-state index contributed by atoms with van der Waals surface area (Å²) in [5.74, 6) is 0.426. The number of ether oxygens (including phenoxy) is 1. The highest BCUT2D eigenvalue weighted by Crippen LogP contribution is 2.35. The highest BCUT2D eigenvalue weighted by molar-refractivity contribution is 5.44. The maximum Gasteiger partial charge on any atom is 0.119 e. The van der Waals surface area contributed by atoms with E-state index in [0.29, 0.717) is 25.0 Å². The zero-order valence-electron chi connectivity index (χ0n) is 10.9. The van der Waals surface area contributed by atoms with Crippen molar-refractivity contribution in [3.8, 4) is 5.75 Å².